The number of carbonyl (C=O) groups is 1. The summed E-state index contributed by atoms with van der Waals surface area (Å²) >= 11 is 0. The number of carbonyl (C=O) groups excluding carboxylic acids is 1. The first-order valence-corrected chi connectivity index (χ1v) is 6.13. The van der Waals surface area contributed by atoms with E-state index < -0.39 is 0 Å². The Bertz CT molecular complexity index is 621. The zero-order valence-corrected chi connectivity index (χ0v) is 10.6. The molecule has 1 aromatic carbocycles. The van der Waals surface area contributed by atoms with Crippen LogP contribution in [0.2, 0.25) is 0 Å². The number of nitrogens with two attached hydrogens (primary N) is 1. The van der Waals surface area contributed by atoms with Gasteiger partial charge in [0.05, 0.1) is 6.54 Å². The first kappa shape index (κ1) is 11.6. The van der Waals surface area contributed by atoms with Crippen molar-refractivity contribution in [3.8, 4) is 0 Å². The van der Waals surface area contributed by atoms with Crippen molar-refractivity contribution in [3.63, 3.8) is 0 Å². The molecule has 2 amide bonds. The number of furan rings is 1. The van der Waals surface area contributed by atoms with Gasteiger partial charge in [0.15, 0.2) is 0 Å². The number of nitrogens with zero attached hydrogens (tertiary/aromatic N) is 1. The summed E-state index contributed by atoms with van der Waals surface area (Å²) in [5, 5.41) is 2.90. The molecule has 1 aliphatic heterocycles. The van der Waals surface area contributed by atoms with Gasteiger partial charge in [-0.1, -0.05) is 6.07 Å². The fraction of sp³-hybridized carbons (Fsp3) is 0.214. The van der Waals surface area contributed by atoms with Crippen LogP contribution < -0.4 is 16.0 Å². The molecule has 1 unspecified atom stereocenters. The summed E-state index contributed by atoms with van der Waals surface area (Å²) < 4.78 is 5.56. The van der Waals surface area contributed by atoms with Gasteiger partial charge in [-0.3, -0.25) is 4.90 Å². The minimum atomic E-state index is -0.135. The number of anilines is 2. The molecule has 1 aliphatic rings. The molecule has 0 radical (unpaired) electrons. The lowest BCUT2D eigenvalue weighted by molar-refractivity contribution is 0.250. The third-order valence-electron chi connectivity index (χ3n) is 3.19. The second-order valence-electron chi connectivity index (χ2n) is 4.66. The minimum Gasteiger partial charge on any atom is -0.464 e. The lowest BCUT2D eigenvalue weighted by Gasteiger charge is -2.14. The van der Waals surface area contributed by atoms with Crippen molar-refractivity contribution >= 4 is 17.4 Å². The van der Waals surface area contributed by atoms with Gasteiger partial charge in [0.1, 0.15) is 17.6 Å². The maximum Gasteiger partial charge on any atom is 0.322 e. The molecule has 3 N–H and O–H groups in total. The highest BCUT2D eigenvalue weighted by molar-refractivity contribution is 5.95. The Kier molecular flexibility index (Phi) is 2.67. The summed E-state index contributed by atoms with van der Waals surface area (Å²) in [6, 6.07) is 10.8. The Hall–Kier alpha value is -2.43. The minimum absolute atomic E-state index is 0.123. The first-order chi connectivity index (χ1) is 9.13. The van der Waals surface area contributed by atoms with Crippen LogP contribution in [-0.4, -0.2) is 12.6 Å². The number of benzene rings is 1. The number of urea groups is 1. The molecule has 1 saturated heterocycles. The van der Waals surface area contributed by atoms with Gasteiger partial charge in [0, 0.05) is 11.4 Å². The van der Waals surface area contributed by atoms with Crippen LogP contribution in [0, 0.1) is 6.92 Å². The van der Waals surface area contributed by atoms with E-state index in [1.165, 1.54) is 0 Å². The van der Waals surface area contributed by atoms with Gasteiger partial charge in [-0.2, -0.15) is 0 Å². The summed E-state index contributed by atoms with van der Waals surface area (Å²) in [6.07, 6.45) is 0. The van der Waals surface area contributed by atoms with Crippen LogP contribution in [-0.2, 0) is 0 Å². The van der Waals surface area contributed by atoms with Gasteiger partial charge in [-0.15, -0.1) is 0 Å². The molecule has 3 rings (SSSR count). The van der Waals surface area contributed by atoms with Crippen LogP contribution in [0.5, 0.6) is 0 Å². The van der Waals surface area contributed by atoms with Crippen molar-refractivity contribution in [2.24, 2.45) is 0 Å². The predicted octanol–water partition coefficient (Wildman–Crippen LogP) is 2.44. The van der Waals surface area contributed by atoms with Gasteiger partial charge in [-0.25, -0.2) is 4.79 Å². The highest BCUT2D eigenvalue weighted by Crippen LogP contribution is 2.27. The molecule has 0 aliphatic carbocycles. The van der Waals surface area contributed by atoms with Crippen molar-refractivity contribution < 1.29 is 9.21 Å². The van der Waals surface area contributed by atoms with E-state index in [1.54, 1.807) is 17.0 Å². The number of hydrogen-bond donors (Lipinski definition) is 2. The molecule has 0 bridgehead atoms. The zero-order chi connectivity index (χ0) is 13.4. The summed E-state index contributed by atoms with van der Waals surface area (Å²) in [7, 11) is 0. The number of nitrogen functional groups attached to an aromatic ring is 1. The zero-order valence-electron chi connectivity index (χ0n) is 10.6. The van der Waals surface area contributed by atoms with Crippen molar-refractivity contribution in [1.29, 1.82) is 0 Å². The molecule has 1 aromatic heterocycles. The van der Waals surface area contributed by atoms with E-state index in [4.69, 9.17) is 10.2 Å². The maximum absolute atomic E-state index is 12.0. The quantitative estimate of drug-likeness (QED) is 0.812. The normalized spacial score (nSPS) is 18.7. The Balaban J connectivity index is 1.84. The molecule has 5 heteroatoms. The van der Waals surface area contributed by atoms with E-state index in [9.17, 15) is 4.79 Å². The van der Waals surface area contributed by atoms with E-state index in [2.05, 4.69) is 5.32 Å². The maximum atomic E-state index is 12.0. The smallest absolute Gasteiger partial charge is 0.322 e. The van der Waals surface area contributed by atoms with Gasteiger partial charge in [0.2, 0.25) is 0 Å². The van der Waals surface area contributed by atoms with Gasteiger partial charge < -0.3 is 15.5 Å². The fourth-order valence-electron chi connectivity index (χ4n) is 2.26. The van der Waals surface area contributed by atoms with Crippen LogP contribution in [0.1, 0.15) is 17.6 Å². The van der Waals surface area contributed by atoms with Crippen LogP contribution in [0.4, 0.5) is 16.2 Å². The predicted molar refractivity (Wildman–Crippen MR) is 72.9 cm³/mol. The van der Waals surface area contributed by atoms with Crippen LogP contribution in [0.3, 0.4) is 0 Å². The Morgan fingerprint density at radius 3 is 2.89 bits per heavy atom. The van der Waals surface area contributed by atoms with Crippen LogP contribution >= 0.6 is 0 Å². The van der Waals surface area contributed by atoms with E-state index in [-0.39, 0.29) is 12.1 Å². The molecule has 1 atom stereocenters. The van der Waals surface area contributed by atoms with E-state index >= 15 is 0 Å². The highest BCUT2D eigenvalue weighted by Gasteiger charge is 2.32. The molecular weight excluding hydrogens is 242 g/mol. The average molecular weight is 257 g/mol. The topological polar surface area (TPSA) is 71.5 Å². The molecular formula is C14H15N3O2. The standard InChI is InChI=1S/C14H15N3O2/c1-9-5-6-13(19-9)12-8-17(14(18)16-12)11-4-2-3-10(15)7-11/h2-7,12H,8,15H2,1H3,(H,16,18). The highest BCUT2D eigenvalue weighted by atomic mass is 16.3. The summed E-state index contributed by atoms with van der Waals surface area (Å²) in [5.74, 6) is 1.61. The SMILES string of the molecule is Cc1ccc(C2CN(c3cccc(N)c3)C(=O)N2)o1. The van der Waals surface area contributed by atoms with Crippen molar-refractivity contribution in [2.45, 2.75) is 13.0 Å². The largest absolute Gasteiger partial charge is 0.464 e. The molecule has 5 nitrogen and oxygen atoms in total. The van der Waals surface area contributed by atoms with Crippen LogP contribution in [0.15, 0.2) is 40.8 Å². The Morgan fingerprint density at radius 1 is 1.37 bits per heavy atom. The summed E-state index contributed by atoms with van der Waals surface area (Å²) in [4.78, 5) is 13.7. The number of amides is 2. The van der Waals surface area contributed by atoms with E-state index in [0.29, 0.717) is 12.2 Å². The molecule has 1 fully saturated rings. The number of nitrogens with one attached hydrogen (secondary N) is 1. The third kappa shape index (κ3) is 2.14. The van der Waals surface area contributed by atoms with Crippen molar-refractivity contribution in [2.75, 3.05) is 17.2 Å². The lowest BCUT2D eigenvalue weighted by atomic mass is 10.2. The molecule has 98 valence electrons. The van der Waals surface area contributed by atoms with E-state index in [1.807, 2.05) is 31.2 Å². The second kappa shape index (κ2) is 4.35. The molecule has 2 aromatic rings. The summed E-state index contributed by atoms with van der Waals surface area (Å²) in [6.45, 7) is 2.42. The van der Waals surface area contributed by atoms with Crippen molar-refractivity contribution in [1.82, 2.24) is 5.32 Å². The number of rotatable bonds is 2. The van der Waals surface area contributed by atoms with Gasteiger partial charge in [0.25, 0.3) is 0 Å². The molecule has 19 heavy (non-hydrogen) atoms. The van der Waals surface area contributed by atoms with Gasteiger partial charge >= 0.3 is 6.03 Å². The number of aryl methyl sites for hydroxylation is 1. The Morgan fingerprint density at radius 2 is 2.21 bits per heavy atom. The Labute approximate surface area is 111 Å². The second-order valence-corrected chi connectivity index (χ2v) is 4.66. The fourth-order valence-corrected chi connectivity index (χ4v) is 2.26. The molecule has 2 heterocycles. The monoisotopic (exact) mass is 257 g/mol. The summed E-state index contributed by atoms with van der Waals surface area (Å²) in [5.41, 5.74) is 7.18. The third-order valence-corrected chi connectivity index (χ3v) is 3.19. The molecule has 0 spiro atoms. The average Bonchev–Trinajstić information content (AvgIpc) is 2.95. The number of hydrogen-bond acceptors (Lipinski definition) is 3. The van der Waals surface area contributed by atoms with E-state index in [0.717, 1.165) is 17.2 Å². The first-order valence-electron chi connectivity index (χ1n) is 6.13. The van der Waals surface area contributed by atoms with Crippen LogP contribution in [0.25, 0.3) is 0 Å². The molecule has 0 saturated carbocycles. The lowest BCUT2D eigenvalue weighted by Crippen LogP contribution is -2.27. The van der Waals surface area contributed by atoms with Crippen molar-refractivity contribution in [3.05, 3.63) is 47.9 Å². The van der Waals surface area contributed by atoms with Gasteiger partial charge in [-0.05, 0) is 37.3 Å².